The van der Waals surface area contributed by atoms with Crippen molar-refractivity contribution in [2.75, 3.05) is 12.4 Å². The normalized spacial score (nSPS) is 13.2. The van der Waals surface area contributed by atoms with E-state index in [2.05, 4.69) is 5.32 Å². The number of carbonyl (C=O) groups is 3. The third kappa shape index (κ3) is 2.52. The molecule has 1 N–H and O–H groups in total. The summed E-state index contributed by atoms with van der Waals surface area (Å²) in [7, 11) is 3.06. The SMILES string of the molecule is CN1C(=O)c2ccc(NC(=O)c3cc(=O)n(C)c4ccccc34)cc2C1=O. The second-order valence-corrected chi connectivity index (χ2v) is 6.36. The first-order chi connectivity index (χ1) is 12.9. The molecule has 1 aromatic heterocycles. The molecule has 0 saturated heterocycles. The molecule has 2 aromatic carbocycles. The van der Waals surface area contributed by atoms with Crippen molar-refractivity contribution >= 4 is 34.3 Å². The van der Waals surface area contributed by atoms with Crippen molar-refractivity contribution in [3.63, 3.8) is 0 Å². The van der Waals surface area contributed by atoms with Gasteiger partial charge < -0.3 is 9.88 Å². The number of hydrogen-bond acceptors (Lipinski definition) is 4. The van der Waals surface area contributed by atoms with Gasteiger partial charge in [0.25, 0.3) is 23.3 Å². The minimum absolute atomic E-state index is 0.244. The predicted molar refractivity (Wildman–Crippen MR) is 100 cm³/mol. The van der Waals surface area contributed by atoms with Gasteiger partial charge in [-0.1, -0.05) is 18.2 Å². The number of carbonyl (C=O) groups excluding carboxylic acids is 3. The van der Waals surface area contributed by atoms with Gasteiger partial charge >= 0.3 is 0 Å². The maximum atomic E-state index is 12.8. The van der Waals surface area contributed by atoms with Crippen LogP contribution in [0.1, 0.15) is 31.1 Å². The molecule has 2 heterocycles. The second kappa shape index (κ2) is 5.91. The monoisotopic (exact) mass is 361 g/mol. The largest absolute Gasteiger partial charge is 0.322 e. The summed E-state index contributed by atoms with van der Waals surface area (Å²) in [5.74, 6) is -1.25. The van der Waals surface area contributed by atoms with E-state index in [0.29, 0.717) is 22.2 Å². The molecule has 0 bridgehead atoms. The number of nitrogens with one attached hydrogen (secondary N) is 1. The van der Waals surface area contributed by atoms with Gasteiger partial charge in [0.15, 0.2) is 0 Å². The highest BCUT2D eigenvalue weighted by atomic mass is 16.2. The lowest BCUT2D eigenvalue weighted by atomic mass is 10.1. The topological polar surface area (TPSA) is 88.5 Å². The van der Waals surface area contributed by atoms with Crippen LogP contribution in [0.25, 0.3) is 10.9 Å². The first kappa shape index (κ1) is 16.7. The van der Waals surface area contributed by atoms with Gasteiger partial charge in [0.1, 0.15) is 0 Å². The van der Waals surface area contributed by atoms with E-state index in [4.69, 9.17) is 0 Å². The Bertz CT molecular complexity index is 1210. The van der Waals surface area contributed by atoms with Crippen LogP contribution in [0.15, 0.2) is 53.3 Å². The quantitative estimate of drug-likeness (QED) is 0.707. The standard InChI is InChI=1S/C20H15N3O4/c1-22-16-6-4-3-5-12(16)14(10-17(22)24)18(25)21-11-7-8-13-15(9-11)20(27)23(2)19(13)26/h3-10H,1-2H3,(H,21,25). The van der Waals surface area contributed by atoms with Gasteiger partial charge in [0.2, 0.25) is 0 Å². The molecule has 4 rings (SSSR count). The minimum Gasteiger partial charge on any atom is -0.322 e. The van der Waals surface area contributed by atoms with Crippen LogP contribution in [-0.4, -0.2) is 34.2 Å². The first-order valence-corrected chi connectivity index (χ1v) is 8.25. The number of pyridine rings is 1. The average molecular weight is 361 g/mol. The molecular weight excluding hydrogens is 346 g/mol. The number of para-hydroxylation sites is 1. The van der Waals surface area contributed by atoms with Crippen LogP contribution in [0.3, 0.4) is 0 Å². The number of aryl methyl sites for hydroxylation is 1. The highest BCUT2D eigenvalue weighted by Gasteiger charge is 2.32. The number of hydrogen-bond donors (Lipinski definition) is 1. The Kier molecular flexibility index (Phi) is 3.66. The van der Waals surface area contributed by atoms with Crippen LogP contribution < -0.4 is 10.9 Å². The van der Waals surface area contributed by atoms with Gasteiger partial charge in [-0.25, -0.2) is 0 Å². The molecule has 3 amide bonds. The Balaban J connectivity index is 1.74. The summed E-state index contributed by atoms with van der Waals surface area (Å²) in [5.41, 5.74) is 1.52. The molecule has 0 fully saturated rings. The third-order valence-electron chi connectivity index (χ3n) is 4.75. The number of anilines is 1. The zero-order chi connectivity index (χ0) is 19.3. The second-order valence-electron chi connectivity index (χ2n) is 6.36. The molecule has 0 atom stereocenters. The van der Waals surface area contributed by atoms with E-state index in [9.17, 15) is 19.2 Å². The van der Waals surface area contributed by atoms with Crippen molar-refractivity contribution in [1.29, 1.82) is 0 Å². The van der Waals surface area contributed by atoms with E-state index < -0.39 is 11.8 Å². The molecule has 0 unspecified atom stereocenters. The number of nitrogens with zero attached hydrogens (tertiary/aromatic N) is 2. The molecule has 7 nitrogen and oxygen atoms in total. The lowest BCUT2D eigenvalue weighted by Gasteiger charge is -2.11. The van der Waals surface area contributed by atoms with Crippen molar-refractivity contribution in [2.45, 2.75) is 0 Å². The van der Waals surface area contributed by atoms with Crippen LogP contribution in [-0.2, 0) is 7.05 Å². The Morgan fingerprint density at radius 3 is 2.37 bits per heavy atom. The van der Waals surface area contributed by atoms with E-state index in [-0.39, 0.29) is 22.6 Å². The minimum atomic E-state index is -0.464. The number of amides is 3. The number of aromatic nitrogens is 1. The number of rotatable bonds is 2. The van der Waals surface area contributed by atoms with E-state index in [1.54, 1.807) is 37.4 Å². The molecule has 1 aliphatic heterocycles. The zero-order valence-electron chi connectivity index (χ0n) is 14.6. The molecule has 0 aliphatic carbocycles. The maximum Gasteiger partial charge on any atom is 0.261 e. The van der Waals surface area contributed by atoms with Gasteiger partial charge in [-0.05, 0) is 24.3 Å². The lowest BCUT2D eigenvalue weighted by Crippen LogP contribution is -2.24. The Morgan fingerprint density at radius 2 is 1.59 bits per heavy atom. The average Bonchev–Trinajstić information content (AvgIpc) is 2.88. The van der Waals surface area contributed by atoms with Gasteiger partial charge in [0, 0.05) is 31.2 Å². The number of imide groups is 1. The summed E-state index contributed by atoms with van der Waals surface area (Å²) in [5, 5.41) is 3.35. The van der Waals surface area contributed by atoms with Crippen molar-refractivity contribution in [2.24, 2.45) is 7.05 Å². The number of benzene rings is 2. The smallest absolute Gasteiger partial charge is 0.261 e. The van der Waals surface area contributed by atoms with E-state index in [1.165, 1.54) is 29.8 Å². The summed E-state index contributed by atoms with van der Waals surface area (Å²) in [4.78, 5) is 50.1. The lowest BCUT2D eigenvalue weighted by molar-refractivity contribution is 0.0692. The van der Waals surface area contributed by atoms with Crippen molar-refractivity contribution in [1.82, 2.24) is 9.47 Å². The molecule has 0 saturated carbocycles. The van der Waals surface area contributed by atoms with Gasteiger partial charge in [-0.3, -0.25) is 24.1 Å². The van der Waals surface area contributed by atoms with Crippen LogP contribution >= 0.6 is 0 Å². The van der Waals surface area contributed by atoms with Gasteiger partial charge in [-0.2, -0.15) is 0 Å². The fourth-order valence-corrected chi connectivity index (χ4v) is 3.24. The fourth-order valence-electron chi connectivity index (χ4n) is 3.24. The molecule has 134 valence electrons. The maximum absolute atomic E-state index is 12.8. The molecular formula is C20H15N3O4. The molecule has 27 heavy (non-hydrogen) atoms. The van der Waals surface area contributed by atoms with Crippen LogP contribution in [0.2, 0.25) is 0 Å². The Morgan fingerprint density at radius 1 is 0.889 bits per heavy atom. The van der Waals surface area contributed by atoms with Crippen LogP contribution in [0.4, 0.5) is 5.69 Å². The molecule has 0 spiro atoms. The van der Waals surface area contributed by atoms with Crippen LogP contribution in [0, 0.1) is 0 Å². The molecule has 7 heteroatoms. The highest BCUT2D eigenvalue weighted by Crippen LogP contribution is 2.25. The molecule has 0 radical (unpaired) electrons. The van der Waals surface area contributed by atoms with Crippen molar-refractivity contribution < 1.29 is 14.4 Å². The summed E-state index contributed by atoms with van der Waals surface area (Å²) in [6, 6.07) is 12.9. The molecule has 1 aliphatic rings. The van der Waals surface area contributed by atoms with Crippen molar-refractivity contribution in [3.05, 3.63) is 75.6 Å². The zero-order valence-corrected chi connectivity index (χ0v) is 14.6. The van der Waals surface area contributed by atoms with E-state index >= 15 is 0 Å². The first-order valence-electron chi connectivity index (χ1n) is 8.25. The van der Waals surface area contributed by atoms with Crippen molar-refractivity contribution in [3.8, 4) is 0 Å². The fraction of sp³-hybridized carbons (Fsp3) is 0.100. The Hall–Kier alpha value is -3.74. The highest BCUT2D eigenvalue weighted by molar-refractivity contribution is 6.22. The summed E-state index contributed by atoms with van der Waals surface area (Å²) in [6.07, 6.45) is 0. The summed E-state index contributed by atoms with van der Waals surface area (Å²) in [6.45, 7) is 0. The number of fused-ring (bicyclic) bond motifs is 2. The molecule has 3 aromatic rings. The predicted octanol–water partition coefficient (Wildman–Crippen LogP) is 2.02. The Labute approximate surface area is 153 Å². The summed E-state index contributed by atoms with van der Waals surface area (Å²) < 4.78 is 1.47. The van der Waals surface area contributed by atoms with Crippen LogP contribution in [0.5, 0.6) is 0 Å². The van der Waals surface area contributed by atoms with E-state index in [1.807, 2.05) is 0 Å². The van der Waals surface area contributed by atoms with E-state index in [0.717, 1.165) is 4.90 Å². The van der Waals surface area contributed by atoms with Gasteiger partial charge in [-0.15, -0.1) is 0 Å². The van der Waals surface area contributed by atoms with Gasteiger partial charge in [0.05, 0.1) is 22.2 Å². The summed E-state index contributed by atoms with van der Waals surface area (Å²) >= 11 is 0. The third-order valence-corrected chi connectivity index (χ3v) is 4.75.